The number of nitrogens with zero attached hydrogens (tertiary/aromatic N) is 2. The highest BCUT2D eigenvalue weighted by Gasteiger charge is 2.35. The van der Waals surface area contributed by atoms with Gasteiger partial charge in [0, 0.05) is 31.2 Å². The molecule has 7 nitrogen and oxygen atoms in total. The standard InChI is InChI=1S/C23H28ClN3O4S/c1-15(2)19(25-21(28)18-5-4-14-32-18)22(29)27-12-10-26(11-13-27)20(23(30)31-3)16-6-8-17(24)9-7-16/h4-9,14-15,19-20H,10-13H2,1-3H3,(H,25,28). The third kappa shape index (κ3) is 5.68. The first-order valence-electron chi connectivity index (χ1n) is 10.5. The minimum Gasteiger partial charge on any atom is -0.468 e. The van der Waals surface area contributed by atoms with E-state index in [9.17, 15) is 14.4 Å². The highest BCUT2D eigenvalue weighted by atomic mass is 35.5. The maximum Gasteiger partial charge on any atom is 0.327 e. The molecule has 172 valence electrons. The Labute approximate surface area is 197 Å². The molecule has 1 N–H and O–H groups in total. The molecule has 0 spiro atoms. The van der Waals surface area contributed by atoms with Crippen LogP contribution in [0.25, 0.3) is 0 Å². The Bertz CT molecular complexity index is 925. The van der Waals surface area contributed by atoms with Crippen LogP contribution in [-0.4, -0.2) is 66.9 Å². The predicted octanol–water partition coefficient (Wildman–Crippen LogP) is 3.21. The van der Waals surface area contributed by atoms with Gasteiger partial charge in [-0.3, -0.25) is 14.5 Å². The number of amides is 2. The number of nitrogens with one attached hydrogen (secondary N) is 1. The van der Waals surface area contributed by atoms with Crippen molar-refractivity contribution in [2.24, 2.45) is 5.92 Å². The lowest BCUT2D eigenvalue weighted by Gasteiger charge is -2.39. The fourth-order valence-corrected chi connectivity index (χ4v) is 4.54. The Morgan fingerprint density at radius 2 is 1.72 bits per heavy atom. The molecule has 2 heterocycles. The predicted molar refractivity (Wildman–Crippen MR) is 125 cm³/mol. The Morgan fingerprint density at radius 3 is 2.25 bits per heavy atom. The maximum atomic E-state index is 13.2. The summed E-state index contributed by atoms with van der Waals surface area (Å²) < 4.78 is 5.03. The van der Waals surface area contributed by atoms with E-state index in [0.29, 0.717) is 36.1 Å². The largest absolute Gasteiger partial charge is 0.468 e. The van der Waals surface area contributed by atoms with Gasteiger partial charge in [-0.1, -0.05) is 43.6 Å². The first-order valence-corrected chi connectivity index (χ1v) is 11.8. The fraction of sp³-hybridized carbons (Fsp3) is 0.435. The van der Waals surface area contributed by atoms with Crippen LogP contribution in [0.1, 0.15) is 35.1 Å². The molecule has 0 bridgehead atoms. The summed E-state index contributed by atoms with van der Waals surface area (Å²) in [5.74, 6) is -0.749. The lowest BCUT2D eigenvalue weighted by Crippen LogP contribution is -2.57. The number of hydrogen-bond acceptors (Lipinski definition) is 6. The average molecular weight is 478 g/mol. The SMILES string of the molecule is COC(=O)C(c1ccc(Cl)cc1)N1CCN(C(=O)C(NC(=O)c2cccs2)C(C)C)CC1. The smallest absolute Gasteiger partial charge is 0.327 e. The zero-order valence-corrected chi connectivity index (χ0v) is 20.0. The van der Waals surface area contributed by atoms with Crippen LogP contribution >= 0.6 is 22.9 Å². The van der Waals surface area contributed by atoms with Gasteiger partial charge in [-0.15, -0.1) is 11.3 Å². The molecule has 32 heavy (non-hydrogen) atoms. The van der Waals surface area contributed by atoms with Gasteiger partial charge >= 0.3 is 5.97 Å². The van der Waals surface area contributed by atoms with E-state index >= 15 is 0 Å². The normalized spacial score (nSPS) is 16.5. The van der Waals surface area contributed by atoms with Crippen molar-refractivity contribution in [3.8, 4) is 0 Å². The average Bonchev–Trinajstić information content (AvgIpc) is 3.33. The zero-order chi connectivity index (χ0) is 23.3. The molecule has 1 aromatic heterocycles. The Kier molecular flexibility index (Phi) is 8.28. The molecule has 3 rings (SSSR count). The van der Waals surface area contributed by atoms with E-state index in [0.717, 1.165) is 5.56 Å². The number of thiophene rings is 1. The Morgan fingerprint density at radius 1 is 1.06 bits per heavy atom. The van der Waals surface area contributed by atoms with E-state index in [1.54, 1.807) is 23.1 Å². The number of carbonyl (C=O) groups is 3. The quantitative estimate of drug-likeness (QED) is 0.619. The van der Waals surface area contributed by atoms with Gasteiger partial charge in [0.15, 0.2) is 0 Å². The fourth-order valence-electron chi connectivity index (χ4n) is 3.78. The number of ether oxygens (including phenoxy) is 1. The highest BCUT2D eigenvalue weighted by molar-refractivity contribution is 7.12. The lowest BCUT2D eigenvalue weighted by molar-refractivity contribution is -0.149. The summed E-state index contributed by atoms with van der Waals surface area (Å²) in [6.07, 6.45) is 0. The molecule has 0 radical (unpaired) electrons. The minimum absolute atomic E-state index is 0.0543. The van der Waals surface area contributed by atoms with Gasteiger partial charge in [-0.25, -0.2) is 4.79 Å². The van der Waals surface area contributed by atoms with Gasteiger partial charge in [0.25, 0.3) is 5.91 Å². The maximum absolute atomic E-state index is 13.2. The second-order valence-corrected chi connectivity index (χ2v) is 9.40. The molecule has 0 aliphatic carbocycles. The van der Waals surface area contributed by atoms with Crippen LogP contribution in [0.5, 0.6) is 0 Å². The van der Waals surface area contributed by atoms with Crippen molar-refractivity contribution in [1.29, 1.82) is 0 Å². The van der Waals surface area contributed by atoms with Crippen LogP contribution in [0.4, 0.5) is 0 Å². The first-order chi connectivity index (χ1) is 15.3. The number of esters is 1. The number of carbonyl (C=O) groups excluding carboxylic acids is 3. The van der Waals surface area contributed by atoms with Gasteiger partial charge in [0.2, 0.25) is 5.91 Å². The molecule has 1 saturated heterocycles. The Balaban J connectivity index is 1.67. The number of methoxy groups -OCH3 is 1. The van der Waals surface area contributed by atoms with Crippen LogP contribution in [0, 0.1) is 5.92 Å². The van der Waals surface area contributed by atoms with Crippen LogP contribution in [-0.2, 0) is 14.3 Å². The van der Waals surface area contributed by atoms with Gasteiger partial charge < -0.3 is 15.0 Å². The number of rotatable bonds is 7. The lowest BCUT2D eigenvalue weighted by atomic mass is 10.0. The second-order valence-electron chi connectivity index (χ2n) is 8.01. The van der Waals surface area contributed by atoms with Crippen LogP contribution in [0.2, 0.25) is 5.02 Å². The van der Waals surface area contributed by atoms with Crippen LogP contribution in [0.15, 0.2) is 41.8 Å². The monoisotopic (exact) mass is 477 g/mol. The number of hydrogen-bond donors (Lipinski definition) is 1. The third-order valence-electron chi connectivity index (χ3n) is 5.57. The molecule has 0 saturated carbocycles. The minimum atomic E-state index is -0.608. The van der Waals surface area contributed by atoms with Crippen LogP contribution in [0.3, 0.4) is 0 Å². The topological polar surface area (TPSA) is 79.0 Å². The highest BCUT2D eigenvalue weighted by Crippen LogP contribution is 2.25. The van der Waals surface area contributed by atoms with Crippen molar-refractivity contribution in [3.05, 3.63) is 57.2 Å². The van der Waals surface area contributed by atoms with E-state index in [1.165, 1.54) is 18.4 Å². The van der Waals surface area contributed by atoms with Gasteiger partial charge in [0.1, 0.15) is 12.1 Å². The molecule has 2 unspecified atom stereocenters. The molecular weight excluding hydrogens is 450 g/mol. The van der Waals surface area contributed by atoms with Crippen molar-refractivity contribution in [1.82, 2.24) is 15.1 Å². The third-order valence-corrected chi connectivity index (χ3v) is 6.69. The van der Waals surface area contributed by atoms with Gasteiger partial charge in [-0.05, 0) is 35.1 Å². The molecule has 2 atom stereocenters. The second kappa shape index (κ2) is 10.9. The molecule has 1 aliphatic heterocycles. The van der Waals surface area contributed by atoms with E-state index in [-0.39, 0.29) is 23.7 Å². The summed E-state index contributed by atoms with van der Waals surface area (Å²) >= 11 is 7.33. The van der Waals surface area contributed by atoms with Crippen molar-refractivity contribution in [2.45, 2.75) is 25.9 Å². The molecule has 1 aliphatic rings. The van der Waals surface area contributed by atoms with Crippen LogP contribution < -0.4 is 5.32 Å². The number of piperazine rings is 1. The molecule has 2 aromatic rings. The molecule has 1 aromatic carbocycles. The summed E-state index contributed by atoms with van der Waals surface area (Å²) in [4.78, 5) is 42.6. The Hall–Kier alpha value is -2.42. The summed E-state index contributed by atoms with van der Waals surface area (Å²) in [7, 11) is 1.37. The summed E-state index contributed by atoms with van der Waals surface area (Å²) in [5.41, 5.74) is 0.796. The van der Waals surface area contributed by atoms with E-state index in [2.05, 4.69) is 5.32 Å². The molecular formula is C23H28ClN3O4S. The molecule has 9 heteroatoms. The zero-order valence-electron chi connectivity index (χ0n) is 18.4. The number of halogens is 1. The summed E-state index contributed by atoms with van der Waals surface area (Å²) in [6, 6.07) is 9.50. The van der Waals surface area contributed by atoms with Crippen molar-refractivity contribution in [3.63, 3.8) is 0 Å². The molecule has 1 fully saturated rings. The summed E-state index contributed by atoms with van der Waals surface area (Å²) in [6.45, 7) is 5.77. The van der Waals surface area contributed by atoms with Crippen molar-refractivity contribution < 1.29 is 19.1 Å². The molecule has 2 amide bonds. The van der Waals surface area contributed by atoms with Gasteiger partial charge in [0.05, 0.1) is 12.0 Å². The number of benzene rings is 1. The first kappa shape index (κ1) is 24.2. The van der Waals surface area contributed by atoms with E-state index in [4.69, 9.17) is 16.3 Å². The van der Waals surface area contributed by atoms with Crippen molar-refractivity contribution >= 4 is 40.7 Å². The van der Waals surface area contributed by atoms with E-state index in [1.807, 2.05) is 42.3 Å². The van der Waals surface area contributed by atoms with Gasteiger partial charge in [-0.2, -0.15) is 0 Å². The summed E-state index contributed by atoms with van der Waals surface area (Å²) in [5, 5.41) is 5.32. The van der Waals surface area contributed by atoms with Crippen molar-refractivity contribution in [2.75, 3.05) is 33.3 Å². The van der Waals surface area contributed by atoms with E-state index < -0.39 is 12.1 Å².